The van der Waals surface area contributed by atoms with Crippen molar-refractivity contribution in [2.24, 2.45) is 0 Å². The van der Waals surface area contributed by atoms with Crippen LogP contribution in [0.5, 0.6) is 0 Å². The Kier molecular flexibility index (Phi) is 7.65. The van der Waals surface area contributed by atoms with E-state index in [1.54, 1.807) is 4.90 Å². The Hall–Kier alpha value is -1.64. The summed E-state index contributed by atoms with van der Waals surface area (Å²) in [6.45, 7) is 6.21. The van der Waals surface area contributed by atoms with Crippen LogP contribution in [0.1, 0.15) is 64.4 Å². The van der Waals surface area contributed by atoms with Gasteiger partial charge >= 0.3 is 6.09 Å². The first-order valence-corrected chi connectivity index (χ1v) is 13.0. The van der Waals surface area contributed by atoms with Crippen LogP contribution < -0.4 is 4.72 Å². The van der Waals surface area contributed by atoms with Gasteiger partial charge in [-0.1, -0.05) is 30.3 Å². The molecule has 174 valence electrons. The van der Waals surface area contributed by atoms with Crippen LogP contribution in [0.25, 0.3) is 0 Å². The lowest BCUT2D eigenvalue weighted by atomic mass is 9.83. The summed E-state index contributed by atoms with van der Waals surface area (Å²) in [4.78, 5) is 14.3. The zero-order chi connectivity index (χ0) is 22.6. The third-order valence-electron chi connectivity index (χ3n) is 5.99. The second kappa shape index (κ2) is 9.88. The van der Waals surface area contributed by atoms with E-state index in [9.17, 15) is 13.2 Å². The molecule has 1 aliphatic carbocycles. The lowest BCUT2D eigenvalue weighted by molar-refractivity contribution is -0.0186. The number of likely N-dealkylation sites (tertiary alicyclic amines) is 1. The van der Waals surface area contributed by atoms with Gasteiger partial charge in [-0.05, 0) is 64.4 Å². The Morgan fingerprint density at radius 2 is 1.74 bits per heavy atom. The molecule has 2 fully saturated rings. The largest absolute Gasteiger partial charge is 0.444 e. The van der Waals surface area contributed by atoms with Crippen LogP contribution in [-0.2, 0) is 19.5 Å². The highest BCUT2D eigenvalue weighted by molar-refractivity contribution is 7.88. The standard InChI is InChI=1S/C23H36N2O5S/c1-23(2,3)30-22(26)25-15-14-20(24-31(4,27)28)21(25)16-29-19-12-10-18(11-13-19)17-8-6-5-7-9-17/h5-9,18-21,24H,10-16H2,1-4H3/t18-,19+,20-,21-/m1/s1. The normalized spacial score (nSPS) is 27.3. The lowest BCUT2D eigenvalue weighted by Gasteiger charge is -2.33. The molecule has 2 atom stereocenters. The maximum absolute atomic E-state index is 12.7. The molecule has 7 nitrogen and oxygen atoms in total. The van der Waals surface area contributed by atoms with Crippen LogP contribution >= 0.6 is 0 Å². The molecule has 0 aromatic heterocycles. The van der Waals surface area contributed by atoms with Crippen LogP contribution in [0.15, 0.2) is 30.3 Å². The van der Waals surface area contributed by atoms with E-state index in [0.29, 0.717) is 25.5 Å². The fourth-order valence-electron chi connectivity index (χ4n) is 4.54. The van der Waals surface area contributed by atoms with Crippen LogP contribution in [0, 0.1) is 0 Å². The van der Waals surface area contributed by atoms with Gasteiger partial charge in [0.05, 0.1) is 25.0 Å². The molecule has 0 bridgehead atoms. The van der Waals surface area contributed by atoms with Gasteiger partial charge in [0.1, 0.15) is 5.60 Å². The molecule has 31 heavy (non-hydrogen) atoms. The summed E-state index contributed by atoms with van der Waals surface area (Å²) < 4.78 is 38.1. The number of nitrogens with zero attached hydrogens (tertiary/aromatic N) is 1. The van der Waals surface area contributed by atoms with Crippen LogP contribution in [0.2, 0.25) is 0 Å². The smallest absolute Gasteiger partial charge is 0.410 e. The van der Waals surface area contributed by atoms with Gasteiger partial charge < -0.3 is 14.4 Å². The molecular formula is C23H36N2O5S. The Balaban J connectivity index is 1.59. The van der Waals surface area contributed by atoms with Gasteiger partial charge in [0.15, 0.2) is 0 Å². The Morgan fingerprint density at radius 3 is 2.32 bits per heavy atom. The van der Waals surface area contributed by atoms with Crippen molar-refractivity contribution < 1.29 is 22.7 Å². The van der Waals surface area contributed by atoms with Crippen molar-refractivity contribution in [1.82, 2.24) is 9.62 Å². The summed E-state index contributed by atoms with van der Waals surface area (Å²) in [6.07, 6.45) is 5.45. The highest BCUT2D eigenvalue weighted by Crippen LogP contribution is 2.34. The SMILES string of the molecule is CC(C)(C)OC(=O)N1CC[C@@H](NS(C)(=O)=O)[C@H]1CO[C@H]1CC[C@@H](c2ccccc2)CC1. The van der Waals surface area contributed by atoms with Crippen molar-refractivity contribution in [1.29, 1.82) is 0 Å². The fourth-order valence-corrected chi connectivity index (χ4v) is 5.37. The summed E-state index contributed by atoms with van der Waals surface area (Å²) in [5.74, 6) is 0.561. The minimum atomic E-state index is -3.39. The average molecular weight is 453 g/mol. The van der Waals surface area contributed by atoms with Crippen LogP contribution in [0.3, 0.4) is 0 Å². The van der Waals surface area contributed by atoms with Crippen molar-refractivity contribution in [3.8, 4) is 0 Å². The predicted molar refractivity (Wildman–Crippen MR) is 121 cm³/mol. The van der Waals surface area contributed by atoms with Crippen LogP contribution in [-0.4, -0.2) is 62.6 Å². The molecule has 1 saturated heterocycles. The zero-order valence-corrected chi connectivity index (χ0v) is 19.9. The molecule has 1 aromatic carbocycles. The first-order valence-electron chi connectivity index (χ1n) is 11.2. The van der Waals surface area contributed by atoms with Crippen LogP contribution in [0.4, 0.5) is 4.79 Å². The van der Waals surface area contributed by atoms with Crippen molar-refractivity contribution in [3.05, 3.63) is 35.9 Å². The lowest BCUT2D eigenvalue weighted by Crippen LogP contribution is -2.50. The summed E-state index contributed by atoms with van der Waals surface area (Å²) in [7, 11) is -3.39. The first kappa shape index (κ1) is 24.0. The molecule has 0 radical (unpaired) electrons. The molecular weight excluding hydrogens is 416 g/mol. The van der Waals surface area contributed by atoms with Gasteiger partial charge in [-0.2, -0.15) is 0 Å². The molecule has 2 aliphatic rings. The Bertz CT molecular complexity index is 829. The fraction of sp³-hybridized carbons (Fsp3) is 0.696. The molecule has 0 spiro atoms. The number of hydrogen-bond donors (Lipinski definition) is 1. The van der Waals surface area contributed by atoms with E-state index in [-0.39, 0.29) is 18.2 Å². The van der Waals surface area contributed by atoms with Gasteiger partial charge in [0.25, 0.3) is 0 Å². The van der Waals surface area contributed by atoms with Gasteiger partial charge in [-0.3, -0.25) is 0 Å². The van der Waals surface area contributed by atoms with E-state index in [0.717, 1.165) is 31.9 Å². The second-order valence-corrected chi connectivity index (χ2v) is 11.5. The van der Waals surface area contributed by atoms with E-state index >= 15 is 0 Å². The molecule has 1 N–H and O–H groups in total. The summed E-state index contributed by atoms with van der Waals surface area (Å²) >= 11 is 0. The maximum atomic E-state index is 12.7. The Labute approximate surface area is 186 Å². The van der Waals surface area contributed by atoms with E-state index in [1.165, 1.54) is 5.56 Å². The zero-order valence-electron chi connectivity index (χ0n) is 19.0. The van der Waals surface area contributed by atoms with E-state index in [1.807, 2.05) is 26.8 Å². The first-order chi connectivity index (χ1) is 14.5. The average Bonchev–Trinajstić information content (AvgIpc) is 3.07. The monoisotopic (exact) mass is 452 g/mol. The summed E-state index contributed by atoms with van der Waals surface area (Å²) in [5, 5.41) is 0. The third kappa shape index (κ3) is 7.19. The van der Waals surface area contributed by atoms with Crippen molar-refractivity contribution in [2.45, 2.75) is 82.6 Å². The van der Waals surface area contributed by atoms with Gasteiger partial charge in [0, 0.05) is 12.6 Å². The van der Waals surface area contributed by atoms with Gasteiger partial charge in [0.2, 0.25) is 10.0 Å². The van der Waals surface area contributed by atoms with E-state index in [2.05, 4.69) is 29.0 Å². The van der Waals surface area contributed by atoms with E-state index in [4.69, 9.17) is 9.47 Å². The highest BCUT2D eigenvalue weighted by Gasteiger charge is 2.41. The summed E-state index contributed by atoms with van der Waals surface area (Å²) in [6, 6.07) is 9.82. The Morgan fingerprint density at radius 1 is 1.10 bits per heavy atom. The molecule has 3 rings (SSSR count). The highest BCUT2D eigenvalue weighted by atomic mass is 32.2. The second-order valence-electron chi connectivity index (χ2n) is 9.74. The number of carbonyl (C=O) groups is 1. The van der Waals surface area contributed by atoms with Crippen molar-refractivity contribution >= 4 is 16.1 Å². The van der Waals surface area contributed by atoms with E-state index < -0.39 is 21.7 Å². The predicted octanol–water partition coefficient (Wildman–Crippen LogP) is 3.66. The maximum Gasteiger partial charge on any atom is 0.410 e. The molecule has 1 heterocycles. The number of rotatable bonds is 6. The molecule has 1 saturated carbocycles. The number of hydrogen-bond acceptors (Lipinski definition) is 5. The number of nitrogens with one attached hydrogen (secondary N) is 1. The molecule has 8 heteroatoms. The van der Waals surface area contributed by atoms with Crippen molar-refractivity contribution in [3.63, 3.8) is 0 Å². The topological polar surface area (TPSA) is 84.9 Å². The quantitative estimate of drug-likeness (QED) is 0.712. The molecule has 0 unspecified atom stereocenters. The number of benzene rings is 1. The number of ether oxygens (including phenoxy) is 2. The van der Waals surface area contributed by atoms with Gasteiger partial charge in [-0.25, -0.2) is 17.9 Å². The molecule has 1 aliphatic heterocycles. The van der Waals surface area contributed by atoms with Gasteiger partial charge in [-0.15, -0.1) is 0 Å². The third-order valence-corrected chi connectivity index (χ3v) is 6.72. The summed E-state index contributed by atoms with van der Waals surface area (Å²) in [5.41, 5.74) is 0.769. The van der Waals surface area contributed by atoms with Crippen molar-refractivity contribution in [2.75, 3.05) is 19.4 Å². The minimum Gasteiger partial charge on any atom is -0.444 e. The number of sulfonamides is 1. The minimum absolute atomic E-state index is 0.125. The number of carbonyl (C=O) groups excluding carboxylic acids is 1. The molecule has 1 aromatic rings. The number of amides is 1. The molecule has 1 amide bonds.